The molecular formula is C29H27FN8O2. The fourth-order valence-corrected chi connectivity index (χ4v) is 5.52. The summed E-state index contributed by atoms with van der Waals surface area (Å²) in [6.07, 6.45) is 11.8. The van der Waals surface area contributed by atoms with Gasteiger partial charge in [0.15, 0.2) is 0 Å². The average Bonchev–Trinajstić information content (AvgIpc) is 3.37. The highest BCUT2D eigenvalue weighted by molar-refractivity contribution is 5.82. The first-order valence-corrected chi connectivity index (χ1v) is 13.4. The van der Waals surface area contributed by atoms with Crippen molar-refractivity contribution < 1.29 is 9.18 Å². The summed E-state index contributed by atoms with van der Waals surface area (Å²) in [5.74, 6) is 0.0273. The number of carbonyl (C=O) groups is 1. The van der Waals surface area contributed by atoms with Crippen LogP contribution in [-0.4, -0.2) is 34.8 Å². The van der Waals surface area contributed by atoms with Crippen molar-refractivity contribution in [3.8, 4) is 5.69 Å². The molecule has 11 heteroatoms. The van der Waals surface area contributed by atoms with Crippen molar-refractivity contribution in [3.63, 3.8) is 0 Å². The Morgan fingerprint density at radius 3 is 2.77 bits per heavy atom. The molecule has 202 valence electrons. The van der Waals surface area contributed by atoms with Crippen molar-refractivity contribution in [1.29, 1.82) is 0 Å². The number of aryl methyl sites for hydroxylation is 1. The molecule has 1 aliphatic carbocycles. The van der Waals surface area contributed by atoms with Gasteiger partial charge in [0.05, 0.1) is 24.5 Å². The van der Waals surface area contributed by atoms with E-state index in [-0.39, 0.29) is 17.3 Å². The summed E-state index contributed by atoms with van der Waals surface area (Å²) in [7, 11) is 0. The number of amides is 1. The minimum absolute atomic E-state index is 0.198. The van der Waals surface area contributed by atoms with E-state index in [1.54, 1.807) is 36.8 Å². The van der Waals surface area contributed by atoms with Gasteiger partial charge in [-0.25, -0.2) is 14.1 Å². The van der Waals surface area contributed by atoms with Gasteiger partial charge in [-0.1, -0.05) is 12.1 Å². The Hall–Kier alpha value is -4.80. The SMILES string of the molecule is O=C(NCc1cc2cnccc2n1C1CC1)[C@@H]1CCc2ncc(NCc3cnn(-c4ccccc4F)c3)c(=O)n21. The lowest BCUT2D eigenvalue weighted by Crippen LogP contribution is -2.36. The molecule has 5 heterocycles. The maximum Gasteiger partial charge on any atom is 0.277 e. The molecule has 40 heavy (non-hydrogen) atoms. The summed E-state index contributed by atoms with van der Waals surface area (Å²) in [6, 6.07) is 10.3. The van der Waals surface area contributed by atoms with Gasteiger partial charge in [0.25, 0.3) is 5.56 Å². The molecule has 1 atom stereocenters. The molecule has 2 aliphatic rings. The van der Waals surface area contributed by atoms with Crippen LogP contribution in [0, 0.1) is 5.82 Å². The summed E-state index contributed by atoms with van der Waals surface area (Å²) < 4.78 is 19.4. The van der Waals surface area contributed by atoms with Crippen molar-refractivity contribution in [1.82, 2.24) is 34.2 Å². The van der Waals surface area contributed by atoms with E-state index >= 15 is 0 Å². The van der Waals surface area contributed by atoms with Gasteiger partial charge in [-0.15, -0.1) is 0 Å². The van der Waals surface area contributed by atoms with Crippen LogP contribution < -0.4 is 16.2 Å². The van der Waals surface area contributed by atoms with Crippen molar-refractivity contribution >= 4 is 22.5 Å². The third-order valence-electron chi connectivity index (χ3n) is 7.62. The molecule has 7 rings (SSSR count). The number of para-hydroxylation sites is 1. The number of carbonyl (C=O) groups excluding carboxylic acids is 1. The average molecular weight is 539 g/mol. The zero-order valence-corrected chi connectivity index (χ0v) is 21.6. The number of aromatic nitrogens is 6. The topological polar surface area (TPSA) is 112 Å². The lowest BCUT2D eigenvalue weighted by molar-refractivity contribution is -0.124. The van der Waals surface area contributed by atoms with E-state index in [0.717, 1.165) is 35.0 Å². The summed E-state index contributed by atoms with van der Waals surface area (Å²) in [5.41, 5.74) is 3.28. The number of hydrogen-bond donors (Lipinski definition) is 2. The molecule has 1 aromatic carbocycles. The zero-order valence-electron chi connectivity index (χ0n) is 21.6. The van der Waals surface area contributed by atoms with E-state index in [4.69, 9.17) is 0 Å². The normalized spacial score (nSPS) is 16.3. The van der Waals surface area contributed by atoms with E-state index in [2.05, 4.69) is 36.3 Å². The number of hydrogen-bond acceptors (Lipinski definition) is 6. The minimum Gasteiger partial charge on any atom is -0.375 e. The number of pyridine rings is 1. The number of rotatable bonds is 8. The third-order valence-corrected chi connectivity index (χ3v) is 7.62. The number of nitrogens with zero attached hydrogens (tertiary/aromatic N) is 6. The fourth-order valence-electron chi connectivity index (χ4n) is 5.52. The highest BCUT2D eigenvalue weighted by atomic mass is 19.1. The molecule has 1 saturated carbocycles. The van der Waals surface area contributed by atoms with E-state index in [9.17, 15) is 14.0 Å². The minimum atomic E-state index is -0.624. The molecule has 2 N–H and O–H groups in total. The zero-order chi connectivity index (χ0) is 27.2. The number of fused-ring (bicyclic) bond motifs is 2. The Balaban J connectivity index is 1.06. The molecule has 4 aromatic heterocycles. The van der Waals surface area contributed by atoms with Crippen LogP contribution in [0.2, 0.25) is 0 Å². The summed E-state index contributed by atoms with van der Waals surface area (Å²) in [4.78, 5) is 35.4. The van der Waals surface area contributed by atoms with E-state index in [1.807, 2.05) is 12.3 Å². The molecule has 1 fully saturated rings. The van der Waals surface area contributed by atoms with Crippen LogP contribution in [0.5, 0.6) is 0 Å². The molecule has 0 unspecified atom stereocenters. The highest BCUT2D eigenvalue weighted by Crippen LogP contribution is 2.39. The summed E-state index contributed by atoms with van der Waals surface area (Å²) in [6.45, 7) is 0.671. The lowest BCUT2D eigenvalue weighted by Gasteiger charge is -2.16. The van der Waals surface area contributed by atoms with Gasteiger partial charge < -0.3 is 15.2 Å². The molecular weight excluding hydrogens is 511 g/mol. The Bertz CT molecular complexity index is 1800. The van der Waals surface area contributed by atoms with Gasteiger partial charge in [-0.3, -0.25) is 19.1 Å². The molecule has 0 saturated heterocycles. The van der Waals surface area contributed by atoms with Gasteiger partial charge in [0.2, 0.25) is 5.91 Å². The van der Waals surface area contributed by atoms with Crippen molar-refractivity contribution in [2.75, 3.05) is 5.32 Å². The number of nitrogens with one attached hydrogen (secondary N) is 2. The van der Waals surface area contributed by atoms with Gasteiger partial charge in [0.1, 0.15) is 29.1 Å². The first kappa shape index (κ1) is 24.3. The molecule has 5 aromatic rings. The second kappa shape index (κ2) is 9.74. The van der Waals surface area contributed by atoms with Gasteiger partial charge >= 0.3 is 0 Å². The van der Waals surface area contributed by atoms with Crippen molar-refractivity contribution in [3.05, 3.63) is 101 Å². The second-order valence-corrected chi connectivity index (χ2v) is 10.3. The first-order chi connectivity index (χ1) is 19.6. The molecule has 1 amide bonds. The van der Waals surface area contributed by atoms with E-state index in [1.165, 1.54) is 21.5 Å². The third kappa shape index (κ3) is 4.33. The Morgan fingerprint density at radius 2 is 1.93 bits per heavy atom. The van der Waals surface area contributed by atoms with Crippen LogP contribution in [0.4, 0.5) is 10.1 Å². The Morgan fingerprint density at radius 1 is 1.05 bits per heavy atom. The molecule has 0 radical (unpaired) electrons. The van der Waals surface area contributed by atoms with Crippen LogP contribution in [0.1, 0.15) is 48.4 Å². The smallest absolute Gasteiger partial charge is 0.277 e. The fraction of sp³-hybridized carbons (Fsp3) is 0.276. The summed E-state index contributed by atoms with van der Waals surface area (Å²) in [5, 5.41) is 11.5. The van der Waals surface area contributed by atoms with Crippen molar-refractivity contribution in [2.24, 2.45) is 0 Å². The molecule has 0 bridgehead atoms. The summed E-state index contributed by atoms with van der Waals surface area (Å²) >= 11 is 0. The van der Waals surface area contributed by atoms with Crippen LogP contribution in [0.3, 0.4) is 0 Å². The quantitative estimate of drug-likeness (QED) is 0.312. The largest absolute Gasteiger partial charge is 0.375 e. The molecule has 1 aliphatic heterocycles. The van der Waals surface area contributed by atoms with Gasteiger partial charge in [0, 0.05) is 54.2 Å². The number of halogens is 1. The van der Waals surface area contributed by atoms with E-state index < -0.39 is 6.04 Å². The Kier molecular flexibility index (Phi) is 5.91. The number of anilines is 1. The maximum absolute atomic E-state index is 14.1. The van der Waals surface area contributed by atoms with Gasteiger partial charge in [-0.05, 0) is 43.5 Å². The van der Waals surface area contributed by atoms with Gasteiger partial charge in [-0.2, -0.15) is 5.10 Å². The maximum atomic E-state index is 14.1. The molecule has 10 nitrogen and oxygen atoms in total. The highest BCUT2D eigenvalue weighted by Gasteiger charge is 2.32. The van der Waals surface area contributed by atoms with Crippen LogP contribution >= 0.6 is 0 Å². The predicted octanol–water partition coefficient (Wildman–Crippen LogP) is 3.67. The van der Waals surface area contributed by atoms with Crippen LogP contribution in [0.25, 0.3) is 16.6 Å². The van der Waals surface area contributed by atoms with Crippen LogP contribution in [0.15, 0.2) is 72.2 Å². The second-order valence-electron chi connectivity index (χ2n) is 10.3. The Labute approximate surface area is 228 Å². The lowest BCUT2D eigenvalue weighted by atomic mass is 10.2. The number of benzene rings is 1. The molecule has 0 spiro atoms. The predicted molar refractivity (Wildman–Crippen MR) is 147 cm³/mol. The van der Waals surface area contributed by atoms with Crippen molar-refractivity contribution in [2.45, 2.75) is 50.9 Å². The monoisotopic (exact) mass is 538 g/mol. The van der Waals surface area contributed by atoms with E-state index in [0.29, 0.717) is 49.2 Å². The first-order valence-electron chi connectivity index (χ1n) is 13.4. The standard InChI is InChI=1S/C29H27FN8O2/c30-22-3-1-2-4-25(22)36-17-18(13-35-36)12-32-23-16-33-27-8-7-26(38(27)29(23)40)28(39)34-15-21-11-19-14-31-10-9-24(19)37(21)20-5-6-20/h1-4,9-11,13-14,16-17,20,26,32H,5-8,12,15H2,(H,34,39)/t26-/m0/s1. The van der Waals surface area contributed by atoms with Crippen LogP contribution in [-0.2, 0) is 24.3 Å².